The van der Waals surface area contributed by atoms with Gasteiger partial charge in [0.05, 0.1) is 0 Å². The highest BCUT2D eigenvalue weighted by Crippen LogP contribution is 2.14. The van der Waals surface area contributed by atoms with Crippen LogP contribution in [-0.4, -0.2) is 49.2 Å². The van der Waals surface area contributed by atoms with Gasteiger partial charge in [0, 0.05) is 25.7 Å². The number of amides is 1. The fraction of sp³-hybridized carbons (Fsp3) is 0.923. The predicted octanol–water partition coefficient (Wildman–Crippen LogP) is 1.16. The molecule has 0 bridgehead atoms. The van der Waals surface area contributed by atoms with E-state index in [1.807, 2.05) is 0 Å². The first-order chi connectivity index (χ1) is 8.29. The Morgan fingerprint density at radius 2 is 2.12 bits per heavy atom. The number of nitrogens with one attached hydrogen (secondary N) is 1. The van der Waals surface area contributed by atoms with Crippen molar-refractivity contribution in [2.75, 3.05) is 26.2 Å². The zero-order valence-corrected chi connectivity index (χ0v) is 10.8. The molecule has 4 nitrogen and oxygen atoms in total. The molecule has 0 radical (unpaired) electrons. The molecule has 0 spiro atoms. The summed E-state index contributed by atoms with van der Waals surface area (Å²) < 4.78 is 5.39. The summed E-state index contributed by atoms with van der Waals surface area (Å²) in [6.45, 7) is 6.37. The number of carbonyl (C=O) groups is 1. The van der Waals surface area contributed by atoms with E-state index >= 15 is 0 Å². The Kier molecular flexibility index (Phi) is 4.80. The quantitative estimate of drug-likeness (QED) is 0.801. The van der Waals surface area contributed by atoms with Gasteiger partial charge in [0.15, 0.2) is 0 Å². The average Bonchev–Trinajstić information content (AvgIpc) is 2.86. The fourth-order valence-corrected chi connectivity index (χ4v) is 2.70. The van der Waals surface area contributed by atoms with Crippen LogP contribution in [0.3, 0.4) is 0 Å². The molecule has 1 N–H and O–H groups in total. The lowest BCUT2D eigenvalue weighted by molar-refractivity contribution is -0.131. The summed E-state index contributed by atoms with van der Waals surface area (Å²) in [4.78, 5) is 14.4. The lowest BCUT2D eigenvalue weighted by Crippen LogP contribution is -2.47. The summed E-state index contributed by atoms with van der Waals surface area (Å²) in [5.74, 6) is 0.108. The number of likely N-dealkylation sites (tertiary alicyclic amines) is 1. The molecule has 2 heterocycles. The van der Waals surface area contributed by atoms with Gasteiger partial charge < -0.3 is 15.0 Å². The zero-order chi connectivity index (χ0) is 12.1. The Morgan fingerprint density at radius 1 is 1.35 bits per heavy atom. The number of hydrogen-bond acceptors (Lipinski definition) is 3. The SMILES string of the molecule is CCCN1CCC(NC(=O)[C@H]2CCCO2)CC1. The van der Waals surface area contributed by atoms with Crippen molar-refractivity contribution in [1.29, 1.82) is 0 Å². The highest BCUT2D eigenvalue weighted by atomic mass is 16.5. The first kappa shape index (κ1) is 12.8. The Balaban J connectivity index is 1.68. The molecule has 0 saturated carbocycles. The summed E-state index contributed by atoms with van der Waals surface area (Å²) in [6.07, 6.45) is 5.11. The maximum atomic E-state index is 11.9. The minimum atomic E-state index is -0.177. The molecule has 1 amide bonds. The molecule has 1 atom stereocenters. The molecule has 0 aliphatic carbocycles. The molecule has 17 heavy (non-hydrogen) atoms. The van der Waals surface area contributed by atoms with Crippen molar-refractivity contribution in [2.45, 2.75) is 51.2 Å². The third-order valence-electron chi connectivity index (χ3n) is 3.70. The van der Waals surface area contributed by atoms with Crippen LogP contribution in [0.1, 0.15) is 39.0 Å². The first-order valence-electron chi connectivity index (χ1n) is 6.94. The lowest BCUT2D eigenvalue weighted by Gasteiger charge is -2.32. The van der Waals surface area contributed by atoms with Crippen molar-refractivity contribution < 1.29 is 9.53 Å². The Labute approximate surface area is 104 Å². The second-order valence-corrected chi connectivity index (χ2v) is 5.13. The van der Waals surface area contributed by atoms with Crippen LogP contribution in [0.4, 0.5) is 0 Å². The second kappa shape index (κ2) is 6.36. The Bertz CT molecular complexity index is 244. The van der Waals surface area contributed by atoms with Gasteiger partial charge in [-0.2, -0.15) is 0 Å². The molecule has 0 aromatic rings. The van der Waals surface area contributed by atoms with Crippen molar-refractivity contribution in [2.24, 2.45) is 0 Å². The zero-order valence-electron chi connectivity index (χ0n) is 10.8. The van der Waals surface area contributed by atoms with Crippen molar-refractivity contribution >= 4 is 5.91 Å². The highest BCUT2D eigenvalue weighted by Gasteiger charge is 2.27. The van der Waals surface area contributed by atoms with E-state index in [-0.39, 0.29) is 12.0 Å². The molecule has 98 valence electrons. The van der Waals surface area contributed by atoms with Crippen LogP contribution in [0.5, 0.6) is 0 Å². The van der Waals surface area contributed by atoms with Crippen molar-refractivity contribution in [1.82, 2.24) is 10.2 Å². The van der Waals surface area contributed by atoms with Crippen molar-refractivity contribution in [3.8, 4) is 0 Å². The highest BCUT2D eigenvalue weighted by molar-refractivity contribution is 5.81. The van der Waals surface area contributed by atoms with Crippen LogP contribution in [0.15, 0.2) is 0 Å². The maximum absolute atomic E-state index is 11.9. The topological polar surface area (TPSA) is 41.6 Å². The van der Waals surface area contributed by atoms with Crippen LogP contribution in [0.25, 0.3) is 0 Å². The van der Waals surface area contributed by atoms with E-state index in [9.17, 15) is 4.79 Å². The van der Waals surface area contributed by atoms with Gasteiger partial charge in [-0.3, -0.25) is 4.79 Å². The molecule has 0 aromatic carbocycles. The number of ether oxygens (including phenoxy) is 1. The smallest absolute Gasteiger partial charge is 0.249 e. The van der Waals surface area contributed by atoms with E-state index in [1.165, 1.54) is 13.0 Å². The van der Waals surface area contributed by atoms with Crippen molar-refractivity contribution in [3.63, 3.8) is 0 Å². The summed E-state index contributed by atoms with van der Waals surface area (Å²) >= 11 is 0. The van der Waals surface area contributed by atoms with Crippen LogP contribution < -0.4 is 5.32 Å². The molecule has 2 saturated heterocycles. The third kappa shape index (κ3) is 3.68. The summed E-state index contributed by atoms with van der Waals surface area (Å²) in [7, 11) is 0. The molecule has 2 fully saturated rings. The third-order valence-corrected chi connectivity index (χ3v) is 3.70. The number of rotatable bonds is 4. The van der Waals surface area contributed by atoms with Gasteiger partial charge in [0.2, 0.25) is 5.91 Å². The van der Waals surface area contributed by atoms with Gasteiger partial charge >= 0.3 is 0 Å². The number of carbonyl (C=O) groups excluding carboxylic acids is 1. The van der Waals surface area contributed by atoms with E-state index < -0.39 is 0 Å². The standard InChI is InChI=1S/C13H24N2O2/c1-2-7-15-8-5-11(6-9-15)14-13(16)12-4-3-10-17-12/h11-12H,2-10H2,1H3,(H,14,16)/t12-/m1/s1. The first-order valence-corrected chi connectivity index (χ1v) is 6.94. The van der Waals surface area contributed by atoms with Gasteiger partial charge in [-0.1, -0.05) is 6.92 Å². The Hall–Kier alpha value is -0.610. The van der Waals surface area contributed by atoms with Gasteiger partial charge in [-0.25, -0.2) is 0 Å². The largest absolute Gasteiger partial charge is 0.368 e. The van der Waals surface area contributed by atoms with Crippen LogP contribution >= 0.6 is 0 Å². The molecule has 2 aliphatic rings. The monoisotopic (exact) mass is 240 g/mol. The summed E-state index contributed by atoms with van der Waals surface area (Å²) in [5.41, 5.74) is 0. The van der Waals surface area contributed by atoms with Gasteiger partial charge in [-0.15, -0.1) is 0 Å². The molecule has 0 unspecified atom stereocenters. The van der Waals surface area contributed by atoms with E-state index in [0.29, 0.717) is 6.04 Å². The minimum Gasteiger partial charge on any atom is -0.368 e. The van der Waals surface area contributed by atoms with Crippen LogP contribution in [0.2, 0.25) is 0 Å². The normalized spacial score (nSPS) is 27.2. The van der Waals surface area contributed by atoms with Gasteiger partial charge in [0.25, 0.3) is 0 Å². The molecule has 0 aromatic heterocycles. The predicted molar refractivity (Wildman–Crippen MR) is 66.9 cm³/mol. The molecule has 2 aliphatic heterocycles. The minimum absolute atomic E-state index is 0.108. The second-order valence-electron chi connectivity index (χ2n) is 5.13. The van der Waals surface area contributed by atoms with Crippen LogP contribution in [0, 0.1) is 0 Å². The van der Waals surface area contributed by atoms with E-state index in [0.717, 1.165) is 45.4 Å². The molecular weight excluding hydrogens is 216 g/mol. The summed E-state index contributed by atoms with van der Waals surface area (Å²) in [6, 6.07) is 0.361. The van der Waals surface area contributed by atoms with Gasteiger partial charge in [-0.05, 0) is 38.6 Å². The van der Waals surface area contributed by atoms with E-state index in [4.69, 9.17) is 4.74 Å². The van der Waals surface area contributed by atoms with E-state index in [2.05, 4.69) is 17.1 Å². The molecule has 4 heteroatoms. The number of nitrogens with zero attached hydrogens (tertiary/aromatic N) is 1. The lowest BCUT2D eigenvalue weighted by atomic mass is 10.0. The average molecular weight is 240 g/mol. The van der Waals surface area contributed by atoms with E-state index in [1.54, 1.807) is 0 Å². The number of hydrogen-bond donors (Lipinski definition) is 1. The Morgan fingerprint density at radius 3 is 2.71 bits per heavy atom. The summed E-state index contributed by atoms with van der Waals surface area (Å²) in [5, 5.41) is 3.13. The van der Waals surface area contributed by atoms with Crippen LogP contribution in [-0.2, 0) is 9.53 Å². The molecule has 2 rings (SSSR count). The maximum Gasteiger partial charge on any atom is 0.249 e. The van der Waals surface area contributed by atoms with Crippen molar-refractivity contribution in [3.05, 3.63) is 0 Å². The fourth-order valence-electron chi connectivity index (χ4n) is 2.70. The number of piperidine rings is 1. The van der Waals surface area contributed by atoms with Gasteiger partial charge in [0.1, 0.15) is 6.10 Å². The molecular formula is C13H24N2O2.